The first-order valence-electron chi connectivity index (χ1n) is 8.37. The highest BCUT2D eigenvalue weighted by Crippen LogP contribution is 2.44. The predicted octanol–water partition coefficient (Wildman–Crippen LogP) is 3.71. The van der Waals surface area contributed by atoms with Gasteiger partial charge in [0.2, 0.25) is 5.91 Å². The minimum Gasteiger partial charge on any atom is -0.399 e. The number of halogens is 1. The van der Waals surface area contributed by atoms with Crippen LogP contribution in [-0.2, 0) is 11.2 Å². The van der Waals surface area contributed by atoms with Crippen molar-refractivity contribution < 1.29 is 4.79 Å². The zero-order valence-corrected chi connectivity index (χ0v) is 13.9. The second kappa shape index (κ2) is 7.87. The van der Waals surface area contributed by atoms with Crippen molar-refractivity contribution >= 4 is 24.0 Å². The van der Waals surface area contributed by atoms with E-state index in [2.05, 4.69) is 5.32 Å². The molecule has 3 N–H and O–H groups in total. The smallest absolute Gasteiger partial charge is 0.220 e. The van der Waals surface area contributed by atoms with Gasteiger partial charge >= 0.3 is 0 Å². The molecule has 1 amide bonds. The topological polar surface area (TPSA) is 55.1 Å². The number of carbonyl (C=O) groups is 1. The first-order chi connectivity index (χ1) is 10.2. The van der Waals surface area contributed by atoms with E-state index in [0.717, 1.165) is 29.5 Å². The minimum absolute atomic E-state index is 0. The molecule has 3 rings (SSSR count). The molecule has 0 heterocycles. The number of anilines is 1. The third-order valence-electron chi connectivity index (χ3n) is 5.12. The largest absolute Gasteiger partial charge is 0.399 e. The van der Waals surface area contributed by atoms with Gasteiger partial charge in [-0.2, -0.15) is 0 Å². The summed E-state index contributed by atoms with van der Waals surface area (Å²) in [7, 11) is 0. The van der Waals surface area contributed by atoms with Gasteiger partial charge in [-0.1, -0.05) is 50.3 Å². The van der Waals surface area contributed by atoms with Gasteiger partial charge in [0.25, 0.3) is 0 Å². The zero-order valence-electron chi connectivity index (χ0n) is 13.1. The van der Waals surface area contributed by atoms with Crippen LogP contribution in [-0.4, -0.2) is 11.9 Å². The van der Waals surface area contributed by atoms with Crippen molar-refractivity contribution in [3.8, 4) is 0 Å². The summed E-state index contributed by atoms with van der Waals surface area (Å²) in [6.45, 7) is 0. The lowest BCUT2D eigenvalue weighted by Gasteiger charge is -2.21. The molecule has 2 aliphatic rings. The Bertz CT molecular complexity index is 500. The Morgan fingerprint density at radius 3 is 2.64 bits per heavy atom. The molecule has 2 aliphatic carbocycles. The van der Waals surface area contributed by atoms with E-state index in [0.29, 0.717) is 12.5 Å². The average Bonchev–Trinajstić information content (AvgIpc) is 3.26. The maximum absolute atomic E-state index is 12.1. The lowest BCUT2D eigenvalue weighted by molar-refractivity contribution is -0.121. The Morgan fingerprint density at radius 1 is 1.18 bits per heavy atom. The van der Waals surface area contributed by atoms with E-state index in [1.807, 2.05) is 24.3 Å². The Morgan fingerprint density at radius 2 is 1.91 bits per heavy atom. The molecule has 4 heteroatoms. The van der Waals surface area contributed by atoms with Crippen LogP contribution in [0.25, 0.3) is 0 Å². The van der Waals surface area contributed by atoms with Crippen molar-refractivity contribution in [1.82, 2.24) is 5.32 Å². The molecule has 122 valence electrons. The summed E-state index contributed by atoms with van der Waals surface area (Å²) < 4.78 is 0. The van der Waals surface area contributed by atoms with Gasteiger partial charge in [-0.3, -0.25) is 4.79 Å². The van der Waals surface area contributed by atoms with Crippen LogP contribution >= 0.6 is 12.4 Å². The molecule has 0 bridgehead atoms. The van der Waals surface area contributed by atoms with Gasteiger partial charge < -0.3 is 11.1 Å². The van der Waals surface area contributed by atoms with E-state index in [4.69, 9.17) is 5.73 Å². The van der Waals surface area contributed by atoms with Crippen LogP contribution in [0.15, 0.2) is 24.3 Å². The molecular formula is C18H27ClN2O. The highest BCUT2D eigenvalue weighted by Gasteiger charge is 2.43. The van der Waals surface area contributed by atoms with Crippen molar-refractivity contribution in [3.05, 3.63) is 29.8 Å². The van der Waals surface area contributed by atoms with Crippen LogP contribution < -0.4 is 11.1 Å². The van der Waals surface area contributed by atoms with Crippen LogP contribution in [0.1, 0.15) is 50.5 Å². The van der Waals surface area contributed by atoms with Gasteiger partial charge in [-0.15, -0.1) is 12.4 Å². The maximum atomic E-state index is 12.1. The fourth-order valence-corrected chi connectivity index (χ4v) is 3.75. The standard InChI is InChI=1S/C18H26N2O.ClH/c19-16-9-5-4-8-14(16)10-11-18(21)20-17-12-15(17)13-6-2-1-3-7-13;/h4-5,8-9,13,15,17H,1-3,6-7,10-12,19H2,(H,20,21);1H. The second-order valence-corrected chi connectivity index (χ2v) is 6.67. The number of carbonyl (C=O) groups excluding carboxylic acids is 1. The van der Waals surface area contributed by atoms with Gasteiger partial charge in [0.1, 0.15) is 0 Å². The molecule has 2 atom stereocenters. The molecule has 0 spiro atoms. The molecule has 2 saturated carbocycles. The number of nitrogen functional groups attached to an aromatic ring is 1. The molecule has 22 heavy (non-hydrogen) atoms. The molecule has 1 aromatic carbocycles. The molecule has 1 aromatic rings. The summed E-state index contributed by atoms with van der Waals surface area (Å²) >= 11 is 0. The monoisotopic (exact) mass is 322 g/mol. The maximum Gasteiger partial charge on any atom is 0.220 e. The fourth-order valence-electron chi connectivity index (χ4n) is 3.75. The molecule has 0 radical (unpaired) electrons. The van der Waals surface area contributed by atoms with Crippen molar-refractivity contribution in [2.75, 3.05) is 5.73 Å². The normalized spacial score (nSPS) is 24.4. The average molecular weight is 323 g/mol. The number of amides is 1. The Kier molecular flexibility index (Phi) is 6.13. The van der Waals surface area contributed by atoms with E-state index < -0.39 is 0 Å². The molecular weight excluding hydrogens is 296 g/mol. The Balaban J connectivity index is 0.00000176. The number of nitrogens with two attached hydrogens (primary N) is 1. The van der Waals surface area contributed by atoms with Crippen molar-refractivity contribution in [1.29, 1.82) is 0 Å². The second-order valence-electron chi connectivity index (χ2n) is 6.67. The van der Waals surface area contributed by atoms with Crippen molar-refractivity contribution in [3.63, 3.8) is 0 Å². The molecule has 3 nitrogen and oxygen atoms in total. The quantitative estimate of drug-likeness (QED) is 0.812. The van der Waals surface area contributed by atoms with Gasteiger partial charge in [0.15, 0.2) is 0 Å². The first kappa shape index (κ1) is 17.1. The lowest BCUT2D eigenvalue weighted by atomic mass is 9.85. The van der Waals surface area contributed by atoms with Crippen LogP contribution in [0.2, 0.25) is 0 Å². The number of hydrogen-bond donors (Lipinski definition) is 2. The van der Waals surface area contributed by atoms with E-state index in [-0.39, 0.29) is 18.3 Å². The number of benzene rings is 1. The van der Waals surface area contributed by atoms with Crippen molar-refractivity contribution in [2.45, 2.75) is 57.4 Å². The Hall–Kier alpha value is -1.22. The van der Waals surface area contributed by atoms with E-state index in [1.54, 1.807) is 0 Å². The number of para-hydroxylation sites is 1. The molecule has 0 aromatic heterocycles. The summed E-state index contributed by atoms with van der Waals surface area (Å²) in [5.74, 6) is 1.81. The van der Waals surface area contributed by atoms with Crippen LogP contribution in [0.4, 0.5) is 5.69 Å². The summed E-state index contributed by atoms with van der Waals surface area (Å²) in [5, 5.41) is 3.21. The first-order valence-corrected chi connectivity index (χ1v) is 8.37. The minimum atomic E-state index is 0. The summed E-state index contributed by atoms with van der Waals surface area (Å²) in [5.41, 5.74) is 7.77. The van der Waals surface area contributed by atoms with E-state index in [1.165, 1.54) is 38.5 Å². The van der Waals surface area contributed by atoms with Crippen LogP contribution in [0.3, 0.4) is 0 Å². The molecule has 0 saturated heterocycles. The van der Waals surface area contributed by atoms with Gasteiger partial charge in [-0.05, 0) is 36.3 Å². The van der Waals surface area contributed by atoms with Crippen LogP contribution in [0.5, 0.6) is 0 Å². The zero-order chi connectivity index (χ0) is 14.7. The van der Waals surface area contributed by atoms with Gasteiger partial charge in [-0.25, -0.2) is 0 Å². The fraction of sp³-hybridized carbons (Fsp3) is 0.611. The summed E-state index contributed by atoms with van der Waals surface area (Å²) in [6.07, 6.45) is 9.39. The molecule has 0 aliphatic heterocycles. The van der Waals surface area contributed by atoms with E-state index >= 15 is 0 Å². The highest BCUT2D eigenvalue weighted by molar-refractivity contribution is 5.85. The summed E-state index contributed by atoms with van der Waals surface area (Å²) in [4.78, 5) is 12.1. The lowest BCUT2D eigenvalue weighted by Crippen LogP contribution is -2.28. The molecule has 2 fully saturated rings. The predicted molar refractivity (Wildman–Crippen MR) is 93.0 cm³/mol. The number of hydrogen-bond acceptors (Lipinski definition) is 2. The van der Waals surface area contributed by atoms with E-state index in [9.17, 15) is 4.79 Å². The van der Waals surface area contributed by atoms with Crippen LogP contribution in [0, 0.1) is 11.8 Å². The highest BCUT2D eigenvalue weighted by atomic mass is 35.5. The Labute approximate surface area is 139 Å². The number of nitrogens with one attached hydrogen (secondary N) is 1. The third kappa shape index (κ3) is 4.39. The number of aryl methyl sites for hydroxylation is 1. The summed E-state index contributed by atoms with van der Waals surface area (Å²) in [6, 6.07) is 8.26. The van der Waals surface area contributed by atoms with Gasteiger partial charge in [0.05, 0.1) is 0 Å². The SMILES string of the molecule is Cl.Nc1ccccc1CCC(=O)NC1CC1C1CCCCC1. The van der Waals surface area contributed by atoms with Gasteiger partial charge in [0, 0.05) is 18.2 Å². The molecule has 2 unspecified atom stereocenters. The van der Waals surface area contributed by atoms with Crippen molar-refractivity contribution in [2.24, 2.45) is 11.8 Å². The third-order valence-corrected chi connectivity index (χ3v) is 5.12. The number of rotatable bonds is 5.